The van der Waals surface area contributed by atoms with Crippen molar-refractivity contribution < 1.29 is 19.4 Å². The van der Waals surface area contributed by atoms with Crippen LogP contribution in [0.5, 0.6) is 0 Å². The van der Waals surface area contributed by atoms with Gasteiger partial charge in [0.2, 0.25) is 0 Å². The Bertz CT molecular complexity index is 1200. The normalized spacial score (nSPS) is 34.0. The first-order valence-corrected chi connectivity index (χ1v) is 15.3. The molecule has 3 N–H and O–H groups in total. The Kier molecular flexibility index (Phi) is 8.23. The lowest BCUT2D eigenvalue weighted by molar-refractivity contribution is -0.275. The second kappa shape index (κ2) is 11.9. The van der Waals surface area contributed by atoms with Crippen molar-refractivity contribution in [2.75, 3.05) is 25.5 Å². The number of amides is 2. The Morgan fingerprint density at radius 1 is 1.05 bits per heavy atom. The standard InChI is InChI=1S/C34H45N3O4/c1-4-12-37(3)20-30-22(2)31(27-10-8-23(21-38)9-11-27)41-32(40-30)28-6-5-7-29(16-28)35-33(39)36-34-17-24-13-25(18-34)15-26(14-24)19-34/h4-11,16,22,24-26,30-32,38H,1,12-15,17-21H2,2-3H3,(H2,35,36,39)/t22-,24?,25?,26?,30+,31+,32+,34?/m0/s1. The van der Waals surface area contributed by atoms with Crippen molar-refractivity contribution in [3.63, 3.8) is 0 Å². The van der Waals surface area contributed by atoms with Crippen molar-refractivity contribution in [1.29, 1.82) is 0 Å². The van der Waals surface area contributed by atoms with Gasteiger partial charge in [0.05, 0.1) is 18.8 Å². The molecule has 0 radical (unpaired) electrons. The van der Waals surface area contributed by atoms with E-state index in [2.05, 4.69) is 36.1 Å². The maximum atomic E-state index is 13.2. The van der Waals surface area contributed by atoms with E-state index in [0.717, 1.165) is 72.5 Å². The summed E-state index contributed by atoms with van der Waals surface area (Å²) in [5.74, 6) is 2.43. The summed E-state index contributed by atoms with van der Waals surface area (Å²) in [4.78, 5) is 15.4. The number of carbonyl (C=O) groups is 1. The molecule has 2 amide bonds. The molecule has 4 aliphatic carbocycles. The van der Waals surface area contributed by atoms with Gasteiger partial charge in [-0.1, -0.05) is 49.4 Å². The minimum atomic E-state index is -0.580. The summed E-state index contributed by atoms with van der Waals surface area (Å²) in [7, 11) is 2.07. The van der Waals surface area contributed by atoms with Crippen molar-refractivity contribution in [2.24, 2.45) is 23.7 Å². The molecule has 2 aromatic rings. The summed E-state index contributed by atoms with van der Waals surface area (Å²) in [6.45, 7) is 7.57. The van der Waals surface area contributed by atoms with Crippen LogP contribution in [0.4, 0.5) is 10.5 Å². The van der Waals surface area contributed by atoms with E-state index < -0.39 is 6.29 Å². The average molecular weight is 560 g/mol. The highest BCUT2D eigenvalue weighted by Crippen LogP contribution is 2.55. The topological polar surface area (TPSA) is 83.1 Å². The van der Waals surface area contributed by atoms with E-state index in [1.54, 1.807) is 0 Å². The van der Waals surface area contributed by atoms with Gasteiger partial charge in [-0.25, -0.2) is 4.79 Å². The van der Waals surface area contributed by atoms with E-state index in [0.29, 0.717) is 0 Å². The second-order valence-corrected chi connectivity index (χ2v) is 13.2. The maximum absolute atomic E-state index is 13.2. The van der Waals surface area contributed by atoms with E-state index in [9.17, 15) is 9.90 Å². The number of nitrogens with zero attached hydrogens (tertiary/aromatic N) is 1. The SMILES string of the molecule is C=CCN(C)C[C@H]1O[C@@H](c2cccc(NC(=O)NC34CC5CC(CC(C5)C3)C4)c2)O[C@@H](c2ccc(CO)cc2)[C@H]1C. The molecule has 1 saturated heterocycles. The van der Waals surface area contributed by atoms with Crippen molar-refractivity contribution >= 4 is 11.7 Å². The van der Waals surface area contributed by atoms with Gasteiger partial charge in [0.1, 0.15) is 0 Å². The van der Waals surface area contributed by atoms with Crippen molar-refractivity contribution in [3.05, 3.63) is 77.9 Å². The van der Waals surface area contributed by atoms with Gasteiger partial charge >= 0.3 is 6.03 Å². The van der Waals surface area contributed by atoms with E-state index in [-0.39, 0.29) is 36.3 Å². The van der Waals surface area contributed by atoms with Crippen LogP contribution in [-0.4, -0.2) is 47.8 Å². The highest BCUT2D eigenvalue weighted by molar-refractivity contribution is 5.89. The first-order valence-electron chi connectivity index (χ1n) is 15.3. The highest BCUT2D eigenvalue weighted by atomic mass is 16.7. The fourth-order valence-electron chi connectivity index (χ4n) is 8.36. The average Bonchev–Trinajstić information content (AvgIpc) is 2.93. The Balaban J connectivity index is 1.18. The van der Waals surface area contributed by atoms with Crippen LogP contribution in [0.3, 0.4) is 0 Å². The number of aliphatic hydroxyl groups excluding tert-OH is 1. The largest absolute Gasteiger partial charge is 0.392 e. The van der Waals surface area contributed by atoms with Gasteiger partial charge in [0, 0.05) is 35.8 Å². The predicted octanol–water partition coefficient (Wildman–Crippen LogP) is 6.18. The third kappa shape index (κ3) is 6.24. The van der Waals surface area contributed by atoms with Gasteiger partial charge in [-0.2, -0.15) is 0 Å². The lowest BCUT2D eigenvalue weighted by Crippen LogP contribution is -2.60. The number of benzene rings is 2. The molecule has 0 aromatic heterocycles. The van der Waals surface area contributed by atoms with Gasteiger partial charge in [-0.05, 0) is 86.6 Å². The van der Waals surface area contributed by atoms with E-state index in [1.165, 1.54) is 19.3 Å². The molecular weight excluding hydrogens is 514 g/mol. The van der Waals surface area contributed by atoms with Gasteiger partial charge < -0.3 is 30.1 Å². The summed E-state index contributed by atoms with van der Waals surface area (Å²) < 4.78 is 13.2. The van der Waals surface area contributed by atoms with Crippen LogP contribution in [0.2, 0.25) is 0 Å². The van der Waals surface area contributed by atoms with Gasteiger partial charge in [0.25, 0.3) is 0 Å². The van der Waals surface area contributed by atoms with E-state index >= 15 is 0 Å². The summed E-state index contributed by atoms with van der Waals surface area (Å²) in [6.07, 6.45) is 8.48. The monoisotopic (exact) mass is 559 g/mol. The number of nitrogens with one attached hydrogen (secondary N) is 2. The molecule has 4 saturated carbocycles. The maximum Gasteiger partial charge on any atom is 0.319 e. The molecule has 4 atom stereocenters. The van der Waals surface area contributed by atoms with Crippen LogP contribution in [-0.2, 0) is 16.1 Å². The zero-order valence-electron chi connectivity index (χ0n) is 24.4. The molecule has 1 aliphatic heterocycles. The zero-order valence-corrected chi connectivity index (χ0v) is 24.4. The van der Waals surface area contributed by atoms with Crippen LogP contribution in [0.15, 0.2) is 61.2 Å². The number of anilines is 1. The molecule has 5 fully saturated rings. The van der Waals surface area contributed by atoms with Crippen LogP contribution in [0.1, 0.15) is 74.5 Å². The lowest BCUT2D eigenvalue weighted by atomic mass is 9.53. The van der Waals surface area contributed by atoms with Crippen LogP contribution < -0.4 is 10.6 Å². The third-order valence-electron chi connectivity index (χ3n) is 9.89. The zero-order chi connectivity index (χ0) is 28.6. The third-order valence-corrected chi connectivity index (χ3v) is 9.89. The Hall–Kier alpha value is -2.71. The number of rotatable bonds is 9. The minimum Gasteiger partial charge on any atom is -0.392 e. The quantitative estimate of drug-likeness (QED) is 0.320. The van der Waals surface area contributed by atoms with E-state index in [4.69, 9.17) is 9.47 Å². The Morgan fingerprint density at radius 3 is 2.37 bits per heavy atom. The van der Waals surface area contributed by atoms with Gasteiger partial charge in [0.15, 0.2) is 6.29 Å². The first-order chi connectivity index (χ1) is 19.8. The molecular formula is C34H45N3O4. The molecule has 41 heavy (non-hydrogen) atoms. The first kappa shape index (κ1) is 28.4. The Morgan fingerprint density at radius 2 is 1.73 bits per heavy atom. The number of carbonyl (C=O) groups excluding carboxylic acids is 1. The van der Waals surface area contributed by atoms with Gasteiger partial charge in [-0.3, -0.25) is 0 Å². The smallest absolute Gasteiger partial charge is 0.319 e. The molecule has 2 aromatic carbocycles. The van der Waals surface area contributed by atoms with Crippen molar-refractivity contribution in [2.45, 2.75) is 76.1 Å². The van der Waals surface area contributed by atoms with E-state index in [1.807, 2.05) is 54.6 Å². The molecule has 7 rings (SSSR count). The molecule has 7 heteroatoms. The molecule has 1 heterocycles. The Labute approximate surface area is 244 Å². The number of likely N-dealkylation sites (N-methyl/N-ethyl adjacent to an activating group) is 1. The number of ether oxygens (including phenoxy) is 2. The molecule has 0 unspecified atom stereocenters. The molecule has 0 spiro atoms. The summed E-state index contributed by atoms with van der Waals surface area (Å²) in [6, 6.07) is 15.7. The molecule has 7 nitrogen and oxygen atoms in total. The fraction of sp³-hybridized carbons (Fsp3) is 0.559. The van der Waals surface area contributed by atoms with Crippen LogP contribution in [0.25, 0.3) is 0 Å². The highest BCUT2D eigenvalue weighted by Gasteiger charge is 2.51. The van der Waals surface area contributed by atoms with Crippen molar-refractivity contribution in [1.82, 2.24) is 10.2 Å². The van der Waals surface area contributed by atoms with Gasteiger partial charge in [-0.15, -0.1) is 6.58 Å². The summed E-state index contributed by atoms with van der Waals surface area (Å²) >= 11 is 0. The summed E-state index contributed by atoms with van der Waals surface area (Å²) in [5, 5.41) is 16.0. The number of aliphatic hydroxyl groups is 1. The number of urea groups is 1. The number of hydrogen-bond donors (Lipinski definition) is 3. The van der Waals surface area contributed by atoms with Crippen LogP contribution >= 0.6 is 0 Å². The summed E-state index contributed by atoms with van der Waals surface area (Å²) in [5.41, 5.74) is 3.50. The minimum absolute atomic E-state index is 0.0122. The van der Waals surface area contributed by atoms with Crippen LogP contribution in [0, 0.1) is 23.7 Å². The lowest BCUT2D eigenvalue weighted by Gasteiger charge is -2.56. The fourth-order valence-corrected chi connectivity index (χ4v) is 8.36. The molecule has 4 bridgehead atoms. The molecule has 220 valence electrons. The molecule has 5 aliphatic rings. The predicted molar refractivity (Wildman–Crippen MR) is 160 cm³/mol. The van der Waals surface area contributed by atoms with Crippen molar-refractivity contribution in [3.8, 4) is 0 Å². The number of hydrogen-bond acceptors (Lipinski definition) is 5. The second-order valence-electron chi connectivity index (χ2n) is 13.2.